The third-order valence-electron chi connectivity index (χ3n) is 7.40. The van der Waals surface area contributed by atoms with Crippen LogP contribution in [-0.2, 0) is 6.42 Å². The molecule has 1 saturated heterocycles. The van der Waals surface area contributed by atoms with Crippen LogP contribution >= 0.6 is 0 Å². The van der Waals surface area contributed by atoms with Gasteiger partial charge in [-0.2, -0.15) is 5.26 Å². The molecule has 0 aromatic heterocycles. The molecule has 6 nitrogen and oxygen atoms in total. The number of carbonyl (C=O) groups excluding carboxylic acids is 1. The Morgan fingerprint density at radius 2 is 1.89 bits per heavy atom. The molecule has 0 spiro atoms. The highest BCUT2D eigenvalue weighted by Gasteiger charge is 2.28. The maximum Gasteiger partial charge on any atom is 0.254 e. The first-order valence-electron chi connectivity index (χ1n) is 13.0. The highest BCUT2D eigenvalue weighted by Crippen LogP contribution is 2.30. The Kier molecular flexibility index (Phi) is 7.87. The number of hydrazine groups is 1. The fourth-order valence-corrected chi connectivity index (χ4v) is 5.21. The molecule has 2 heterocycles. The van der Waals surface area contributed by atoms with E-state index in [0.717, 1.165) is 74.1 Å². The van der Waals surface area contributed by atoms with Gasteiger partial charge in [-0.25, -0.2) is 10.0 Å². The number of benzene rings is 2. The van der Waals surface area contributed by atoms with Crippen molar-refractivity contribution in [1.29, 1.82) is 5.26 Å². The van der Waals surface area contributed by atoms with Crippen LogP contribution < -0.4 is 5.43 Å². The Morgan fingerprint density at radius 3 is 2.49 bits per heavy atom. The van der Waals surface area contributed by atoms with Gasteiger partial charge in [0.2, 0.25) is 0 Å². The number of piperidine rings is 1. The second-order valence-corrected chi connectivity index (χ2v) is 9.82. The van der Waals surface area contributed by atoms with Gasteiger partial charge >= 0.3 is 0 Å². The third-order valence-corrected chi connectivity index (χ3v) is 7.40. The van der Waals surface area contributed by atoms with Gasteiger partial charge in [0, 0.05) is 31.3 Å². The molecule has 2 aromatic rings. The number of aliphatic imine (C=N–C) groups is 1. The summed E-state index contributed by atoms with van der Waals surface area (Å²) in [7, 11) is 2.02. The second-order valence-electron chi connectivity index (χ2n) is 9.82. The van der Waals surface area contributed by atoms with Gasteiger partial charge in [0.1, 0.15) is 12.0 Å². The molecule has 0 aliphatic carbocycles. The molecule has 4 rings (SSSR count). The number of carbonyl (C=O) groups is 1. The van der Waals surface area contributed by atoms with Crippen molar-refractivity contribution >= 4 is 11.7 Å². The Labute approximate surface area is 209 Å². The molecule has 0 saturated carbocycles. The number of amidine groups is 1. The van der Waals surface area contributed by atoms with E-state index >= 15 is 0 Å². The third kappa shape index (κ3) is 5.41. The Balaban J connectivity index is 1.54. The molecule has 6 heteroatoms. The SMILES string of the molecule is CCCCc1cc(C)c(C(=O)N2CCC(c3ccc(C#N)cc3)CC2)cc1C1=NC(CC)N(C)N1. The Hall–Kier alpha value is -3.17. The lowest BCUT2D eigenvalue weighted by Gasteiger charge is -2.33. The second kappa shape index (κ2) is 11.0. The molecule has 2 aliphatic heterocycles. The topological polar surface area (TPSA) is 71.7 Å². The first-order valence-corrected chi connectivity index (χ1v) is 13.0. The summed E-state index contributed by atoms with van der Waals surface area (Å²) in [4.78, 5) is 20.6. The summed E-state index contributed by atoms with van der Waals surface area (Å²) in [6.07, 6.45) is 6.16. The zero-order valence-corrected chi connectivity index (χ0v) is 21.5. The normalized spacial score (nSPS) is 18.8. The number of hydrogen-bond acceptors (Lipinski definition) is 5. The van der Waals surface area contributed by atoms with Crippen LogP contribution in [-0.4, -0.2) is 48.0 Å². The van der Waals surface area contributed by atoms with Gasteiger partial charge in [0.05, 0.1) is 11.6 Å². The van der Waals surface area contributed by atoms with Crippen LogP contribution in [0.4, 0.5) is 0 Å². The average molecular weight is 472 g/mol. The quantitative estimate of drug-likeness (QED) is 0.605. The molecule has 0 bridgehead atoms. The van der Waals surface area contributed by atoms with E-state index in [-0.39, 0.29) is 12.1 Å². The lowest BCUT2D eigenvalue weighted by Crippen LogP contribution is -2.39. The zero-order chi connectivity index (χ0) is 24.9. The summed E-state index contributed by atoms with van der Waals surface area (Å²) in [5.74, 6) is 1.42. The molecule has 2 aromatic carbocycles. The minimum absolute atomic E-state index is 0.114. The van der Waals surface area contributed by atoms with Gasteiger partial charge in [-0.05, 0) is 79.8 Å². The van der Waals surface area contributed by atoms with E-state index in [1.54, 1.807) is 0 Å². The van der Waals surface area contributed by atoms with Crippen molar-refractivity contribution < 1.29 is 4.79 Å². The molecule has 1 fully saturated rings. The monoisotopic (exact) mass is 471 g/mol. The largest absolute Gasteiger partial charge is 0.339 e. The van der Waals surface area contributed by atoms with Crippen LogP contribution in [0.2, 0.25) is 0 Å². The number of rotatable bonds is 7. The molecule has 184 valence electrons. The molecule has 35 heavy (non-hydrogen) atoms. The van der Waals surface area contributed by atoms with Crippen LogP contribution in [0.3, 0.4) is 0 Å². The van der Waals surface area contributed by atoms with Crippen LogP contribution in [0.15, 0.2) is 41.4 Å². The van der Waals surface area contributed by atoms with E-state index in [2.05, 4.69) is 56.5 Å². The maximum absolute atomic E-state index is 13.6. The fourth-order valence-electron chi connectivity index (χ4n) is 5.21. The van der Waals surface area contributed by atoms with Crippen LogP contribution in [0.1, 0.15) is 90.0 Å². The van der Waals surface area contributed by atoms with Crippen LogP contribution in [0.5, 0.6) is 0 Å². The van der Waals surface area contributed by atoms with Crippen LogP contribution in [0.25, 0.3) is 0 Å². The van der Waals surface area contributed by atoms with Crippen molar-refractivity contribution in [3.8, 4) is 6.07 Å². The molecule has 2 aliphatic rings. The smallest absolute Gasteiger partial charge is 0.254 e. The molecular formula is C29H37N5O. The van der Waals surface area contributed by atoms with E-state index in [1.807, 2.05) is 29.1 Å². The molecule has 1 atom stereocenters. The van der Waals surface area contributed by atoms with Crippen molar-refractivity contribution in [2.24, 2.45) is 4.99 Å². The predicted molar refractivity (Wildman–Crippen MR) is 140 cm³/mol. The summed E-state index contributed by atoms with van der Waals surface area (Å²) in [5, 5.41) is 11.1. The van der Waals surface area contributed by atoms with Crippen molar-refractivity contribution in [2.45, 2.75) is 71.4 Å². The summed E-state index contributed by atoms with van der Waals surface area (Å²) in [6.45, 7) is 7.89. The van der Waals surface area contributed by atoms with Gasteiger partial charge in [-0.15, -0.1) is 0 Å². The Morgan fingerprint density at radius 1 is 1.17 bits per heavy atom. The summed E-state index contributed by atoms with van der Waals surface area (Å²) in [5.41, 5.74) is 9.51. The van der Waals surface area contributed by atoms with Gasteiger partial charge in [0.15, 0.2) is 0 Å². The van der Waals surface area contributed by atoms with E-state index in [0.29, 0.717) is 11.5 Å². The number of nitriles is 1. The van der Waals surface area contributed by atoms with Gasteiger partial charge < -0.3 is 10.3 Å². The molecule has 1 unspecified atom stereocenters. The lowest BCUT2D eigenvalue weighted by molar-refractivity contribution is 0.0712. The Bertz CT molecular complexity index is 1120. The predicted octanol–water partition coefficient (Wildman–Crippen LogP) is 5.16. The maximum atomic E-state index is 13.6. The number of nitrogens with zero attached hydrogens (tertiary/aromatic N) is 4. The van der Waals surface area contributed by atoms with E-state index in [1.165, 1.54) is 11.1 Å². The number of amides is 1. The minimum atomic E-state index is 0.114. The molecule has 0 radical (unpaired) electrons. The molecule has 1 N–H and O–H groups in total. The molecular weight excluding hydrogens is 434 g/mol. The number of aryl methyl sites for hydroxylation is 2. The zero-order valence-electron chi connectivity index (χ0n) is 21.5. The fraction of sp³-hybridized carbons (Fsp3) is 0.483. The summed E-state index contributed by atoms with van der Waals surface area (Å²) in [6, 6.07) is 14.3. The van der Waals surface area contributed by atoms with Crippen molar-refractivity contribution in [1.82, 2.24) is 15.3 Å². The molecule has 1 amide bonds. The lowest BCUT2D eigenvalue weighted by atomic mass is 9.88. The minimum Gasteiger partial charge on any atom is -0.339 e. The average Bonchev–Trinajstić information content (AvgIpc) is 3.27. The van der Waals surface area contributed by atoms with Gasteiger partial charge in [-0.1, -0.05) is 38.5 Å². The number of nitrogens with one attached hydrogen (secondary N) is 1. The number of hydrogen-bond donors (Lipinski definition) is 1. The highest BCUT2D eigenvalue weighted by atomic mass is 16.2. The van der Waals surface area contributed by atoms with E-state index < -0.39 is 0 Å². The first kappa shape index (κ1) is 24.9. The summed E-state index contributed by atoms with van der Waals surface area (Å²) >= 11 is 0. The van der Waals surface area contributed by atoms with Crippen molar-refractivity contribution in [3.63, 3.8) is 0 Å². The van der Waals surface area contributed by atoms with Crippen molar-refractivity contribution in [3.05, 3.63) is 69.8 Å². The number of unbranched alkanes of at least 4 members (excludes halogenated alkanes) is 1. The van der Waals surface area contributed by atoms with Gasteiger partial charge in [-0.3, -0.25) is 4.79 Å². The standard InChI is InChI=1S/C29H37N5O/c1-5-7-8-24-17-20(3)25(18-26(24)28-31-27(6-2)33(4)32-28)29(35)34-15-13-23(14-16-34)22-11-9-21(19-30)10-12-22/h9-12,17-18,23,27H,5-8,13-16H2,1-4H3,(H,31,32). The van der Waals surface area contributed by atoms with E-state index in [9.17, 15) is 4.79 Å². The van der Waals surface area contributed by atoms with Crippen molar-refractivity contribution in [2.75, 3.05) is 20.1 Å². The highest BCUT2D eigenvalue weighted by molar-refractivity contribution is 6.04. The van der Waals surface area contributed by atoms with Gasteiger partial charge in [0.25, 0.3) is 5.91 Å². The van der Waals surface area contributed by atoms with Crippen LogP contribution in [0, 0.1) is 18.3 Å². The number of likely N-dealkylation sites (tertiary alicyclic amines) is 1. The summed E-state index contributed by atoms with van der Waals surface area (Å²) < 4.78 is 0. The van der Waals surface area contributed by atoms with E-state index in [4.69, 9.17) is 10.3 Å². The first-order chi connectivity index (χ1) is 16.9.